The van der Waals surface area contributed by atoms with Gasteiger partial charge in [-0.05, 0) is 44.5 Å². The van der Waals surface area contributed by atoms with Crippen molar-refractivity contribution < 1.29 is 9.53 Å². The molecular formula is C14H19N3O2. The number of hydrogen-bond acceptors (Lipinski definition) is 4. The molecule has 0 saturated carbocycles. The standard InChI is InChI=1S/C14H19N3O2/c1-5-14(2,3)19-13(18)17(4)16-12-8-6-11(10-15)7-9-12/h6-9,16H,5H2,1-4H3. The molecule has 0 aliphatic carbocycles. The summed E-state index contributed by atoms with van der Waals surface area (Å²) in [6, 6.07) is 8.85. The lowest BCUT2D eigenvalue weighted by Gasteiger charge is -2.27. The first kappa shape index (κ1) is 14.8. The van der Waals surface area contributed by atoms with Crippen molar-refractivity contribution in [3.8, 4) is 6.07 Å². The molecule has 0 bridgehead atoms. The van der Waals surface area contributed by atoms with E-state index in [1.54, 1.807) is 31.3 Å². The largest absolute Gasteiger partial charge is 0.442 e. The molecule has 0 saturated heterocycles. The smallest absolute Gasteiger partial charge is 0.428 e. The van der Waals surface area contributed by atoms with Crippen LogP contribution in [0.15, 0.2) is 24.3 Å². The van der Waals surface area contributed by atoms with Gasteiger partial charge in [0, 0.05) is 7.05 Å². The summed E-state index contributed by atoms with van der Waals surface area (Å²) in [5.74, 6) is 0. The number of anilines is 1. The van der Waals surface area contributed by atoms with Crippen LogP contribution in [0.1, 0.15) is 32.8 Å². The van der Waals surface area contributed by atoms with Crippen molar-refractivity contribution in [3.05, 3.63) is 29.8 Å². The molecular weight excluding hydrogens is 242 g/mol. The van der Waals surface area contributed by atoms with Crippen LogP contribution in [0.25, 0.3) is 0 Å². The number of hydrazine groups is 1. The number of ether oxygens (including phenoxy) is 1. The summed E-state index contributed by atoms with van der Waals surface area (Å²) >= 11 is 0. The van der Waals surface area contributed by atoms with Crippen molar-refractivity contribution in [3.63, 3.8) is 0 Å². The van der Waals surface area contributed by atoms with Crippen LogP contribution >= 0.6 is 0 Å². The molecule has 102 valence electrons. The van der Waals surface area contributed by atoms with E-state index in [2.05, 4.69) is 5.43 Å². The van der Waals surface area contributed by atoms with E-state index in [-0.39, 0.29) is 0 Å². The molecule has 5 heteroatoms. The second-order valence-electron chi connectivity index (χ2n) is 4.84. The van der Waals surface area contributed by atoms with E-state index in [4.69, 9.17) is 10.00 Å². The van der Waals surface area contributed by atoms with E-state index in [1.165, 1.54) is 5.01 Å². The lowest BCUT2D eigenvalue weighted by Crippen LogP contribution is -2.38. The topological polar surface area (TPSA) is 65.4 Å². The Labute approximate surface area is 113 Å². The fourth-order valence-corrected chi connectivity index (χ4v) is 1.24. The predicted molar refractivity (Wildman–Crippen MR) is 73.4 cm³/mol. The number of nitrogens with one attached hydrogen (secondary N) is 1. The van der Waals surface area contributed by atoms with Gasteiger partial charge in [0.25, 0.3) is 0 Å². The third-order valence-electron chi connectivity index (χ3n) is 2.80. The fraction of sp³-hybridized carbons (Fsp3) is 0.429. The Morgan fingerprint density at radius 1 is 1.42 bits per heavy atom. The third-order valence-corrected chi connectivity index (χ3v) is 2.80. The summed E-state index contributed by atoms with van der Waals surface area (Å²) in [6.45, 7) is 5.68. The van der Waals surface area contributed by atoms with E-state index >= 15 is 0 Å². The third kappa shape index (κ3) is 4.51. The first-order chi connectivity index (χ1) is 8.88. The highest BCUT2D eigenvalue weighted by Gasteiger charge is 2.22. The second-order valence-corrected chi connectivity index (χ2v) is 4.84. The van der Waals surface area contributed by atoms with Crippen LogP contribution < -0.4 is 5.43 Å². The SMILES string of the molecule is CCC(C)(C)OC(=O)N(C)Nc1ccc(C#N)cc1. The minimum Gasteiger partial charge on any atom is -0.442 e. The number of nitrogens with zero attached hydrogens (tertiary/aromatic N) is 2. The Hall–Kier alpha value is -2.22. The monoisotopic (exact) mass is 261 g/mol. The van der Waals surface area contributed by atoms with Crippen LogP contribution in [0.3, 0.4) is 0 Å². The van der Waals surface area contributed by atoms with Crippen LogP contribution in [0.2, 0.25) is 0 Å². The Bertz CT molecular complexity index is 474. The summed E-state index contributed by atoms with van der Waals surface area (Å²) in [6.07, 6.45) is 0.292. The van der Waals surface area contributed by atoms with E-state index in [0.717, 1.165) is 6.42 Å². The molecule has 1 rings (SSSR count). The molecule has 1 aromatic rings. The van der Waals surface area contributed by atoms with Gasteiger partial charge < -0.3 is 4.74 Å². The van der Waals surface area contributed by atoms with Crippen molar-refractivity contribution in [2.24, 2.45) is 0 Å². The molecule has 0 aromatic heterocycles. The van der Waals surface area contributed by atoms with E-state index in [1.807, 2.05) is 26.8 Å². The maximum absolute atomic E-state index is 11.8. The first-order valence-electron chi connectivity index (χ1n) is 6.11. The minimum atomic E-state index is -0.488. The lowest BCUT2D eigenvalue weighted by molar-refractivity contribution is 0.0193. The lowest BCUT2D eigenvalue weighted by atomic mass is 10.1. The number of rotatable bonds is 4. The van der Waals surface area contributed by atoms with Gasteiger partial charge in [-0.1, -0.05) is 6.92 Å². The Balaban J connectivity index is 2.61. The van der Waals surface area contributed by atoms with E-state index in [9.17, 15) is 4.79 Å². The maximum atomic E-state index is 11.8. The number of hydrogen-bond donors (Lipinski definition) is 1. The zero-order valence-electron chi connectivity index (χ0n) is 11.7. The number of nitriles is 1. The quantitative estimate of drug-likeness (QED) is 0.845. The zero-order chi connectivity index (χ0) is 14.5. The van der Waals surface area contributed by atoms with Gasteiger partial charge in [-0.25, -0.2) is 9.80 Å². The van der Waals surface area contributed by atoms with Crippen LogP contribution in [0, 0.1) is 11.3 Å². The second kappa shape index (κ2) is 6.10. The van der Waals surface area contributed by atoms with Crippen LogP contribution in [-0.2, 0) is 4.74 Å². The fourth-order valence-electron chi connectivity index (χ4n) is 1.24. The van der Waals surface area contributed by atoms with Crippen molar-refractivity contribution in [2.75, 3.05) is 12.5 Å². The minimum absolute atomic E-state index is 0.448. The maximum Gasteiger partial charge on any atom is 0.428 e. The number of carbonyl (C=O) groups excluding carboxylic acids is 1. The van der Waals surface area contributed by atoms with Crippen molar-refractivity contribution in [1.29, 1.82) is 5.26 Å². The normalized spacial score (nSPS) is 10.5. The van der Waals surface area contributed by atoms with Gasteiger partial charge in [-0.3, -0.25) is 5.43 Å². The number of benzene rings is 1. The van der Waals surface area contributed by atoms with Gasteiger partial charge >= 0.3 is 6.09 Å². The van der Waals surface area contributed by atoms with E-state index in [0.29, 0.717) is 11.3 Å². The molecule has 0 aliphatic rings. The van der Waals surface area contributed by atoms with Crippen LogP contribution in [-0.4, -0.2) is 23.8 Å². The molecule has 0 aliphatic heterocycles. The molecule has 0 spiro atoms. The molecule has 0 atom stereocenters. The summed E-state index contributed by atoms with van der Waals surface area (Å²) in [5, 5.41) is 9.97. The van der Waals surface area contributed by atoms with Crippen LogP contribution in [0.5, 0.6) is 0 Å². The molecule has 1 N–H and O–H groups in total. The highest BCUT2D eigenvalue weighted by Crippen LogP contribution is 2.16. The molecule has 1 aromatic carbocycles. The van der Waals surface area contributed by atoms with Crippen molar-refractivity contribution in [2.45, 2.75) is 32.8 Å². The average molecular weight is 261 g/mol. The molecule has 0 unspecified atom stereocenters. The van der Waals surface area contributed by atoms with Gasteiger partial charge in [-0.15, -0.1) is 0 Å². The summed E-state index contributed by atoms with van der Waals surface area (Å²) in [7, 11) is 1.59. The summed E-state index contributed by atoms with van der Waals surface area (Å²) < 4.78 is 5.34. The van der Waals surface area contributed by atoms with Crippen LogP contribution in [0.4, 0.5) is 10.5 Å². The van der Waals surface area contributed by atoms with Gasteiger partial charge in [-0.2, -0.15) is 5.26 Å². The molecule has 1 amide bonds. The average Bonchev–Trinajstić information content (AvgIpc) is 2.39. The van der Waals surface area contributed by atoms with Gasteiger partial charge in [0.05, 0.1) is 17.3 Å². The molecule has 19 heavy (non-hydrogen) atoms. The first-order valence-corrected chi connectivity index (χ1v) is 6.11. The van der Waals surface area contributed by atoms with Gasteiger partial charge in [0.1, 0.15) is 5.60 Å². The highest BCUT2D eigenvalue weighted by molar-refractivity contribution is 5.70. The Kier molecular flexibility index (Phi) is 4.76. The zero-order valence-corrected chi connectivity index (χ0v) is 11.7. The van der Waals surface area contributed by atoms with E-state index < -0.39 is 11.7 Å². The van der Waals surface area contributed by atoms with Gasteiger partial charge in [0.2, 0.25) is 0 Å². The van der Waals surface area contributed by atoms with Crippen molar-refractivity contribution in [1.82, 2.24) is 5.01 Å². The molecule has 0 fully saturated rings. The Morgan fingerprint density at radius 2 is 2.00 bits per heavy atom. The number of carbonyl (C=O) groups is 1. The molecule has 0 heterocycles. The molecule has 0 radical (unpaired) electrons. The predicted octanol–water partition coefficient (Wildman–Crippen LogP) is 3.14. The Morgan fingerprint density at radius 3 is 2.47 bits per heavy atom. The summed E-state index contributed by atoms with van der Waals surface area (Å²) in [5.41, 5.74) is 3.69. The van der Waals surface area contributed by atoms with Crippen molar-refractivity contribution >= 4 is 11.8 Å². The molecule has 5 nitrogen and oxygen atoms in total. The summed E-state index contributed by atoms with van der Waals surface area (Å²) in [4.78, 5) is 11.8. The number of amides is 1. The van der Waals surface area contributed by atoms with Gasteiger partial charge in [0.15, 0.2) is 0 Å². The highest BCUT2D eigenvalue weighted by atomic mass is 16.6.